The summed E-state index contributed by atoms with van der Waals surface area (Å²) in [5, 5.41) is 5.30. The van der Waals surface area contributed by atoms with Crippen molar-refractivity contribution in [3.8, 4) is 0 Å². The van der Waals surface area contributed by atoms with Gasteiger partial charge in [0.2, 0.25) is 11.8 Å². The lowest BCUT2D eigenvalue weighted by Gasteiger charge is -2.08. The van der Waals surface area contributed by atoms with Gasteiger partial charge in [-0.15, -0.1) is 0 Å². The molecular formula is C11H23N3O2. The highest BCUT2D eigenvalue weighted by atomic mass is 16.2. The van der Waals surface area contributed by atoms with Crippen molar-refractivity contribution in [2.24, 2.45) is 11.7 Å². The van der Waals surface area contributed by atoms with Crippen molar-refractivity contribution < 1.29 is 9.59 Å². The molecule has 5 nitrogen and oxygen atoms in total. The first-order valence-corrected chi connectivity index (χ1v) is 5.79. The van der Waals surface area contributed by atoms with Crippen LogP contribution < -0.4 is 16.4 Å². The molecule has 2 amide bonds. The second-order valence-corrected chi connectivity index (χ2v) is 4.22. The maximum absolute atomic E-state index is 11.2. The molecule has 0 aromatic heterocycles. The molecule has 0 saturated heterocycles. The van der Waals surface area contributed by atoms with Crippen molar-refractivity contribution in [3.63, 3.8) is 0 Å². The van der Waals surface area contributed by atoms with Gasteiger partial charge in [0.25, 0.3) is 0 Å². The third kappa shape index (κ3) is 9.45. The van der Waals surface area contributed by atoms with E-state index in [1.165, 1.54) is 0 Å². The molecule has 0 radical (unpaired) electrons. The number of rotatable bonds is 8. The first-order valence-electron chi connectivity index (χ1n) is 5.79. The number of unbranched alkanes of at least 4 members (excludes halogenated alkanes) is 1. The second kappa shape index (κ2) is 9.15. The number of carbonyl (C=O) groups is 2. The molecule has 0 unspecified atom stereocenters. The van der Waals surface area contributed by atoms with Crippen LogP contribution in [0.4, 0.5) is 0 Å². The Kier molecular flexibility index (Phi) is 8.52. The number of nitrogens with one attached hydrogen (secondary N) is 2. The maximum atomic E-state index is 11.2. The van der Waals surface area contributed by atoms with E-state index in [2.05, 4.69) is 10.6 Å². The van der Waals surface area contributed by atoms with E-state index in [9.17, 15) is 9.59 Å². The fourth-order valence-electron chi connectivity index (χ4n) is 1.08. The summed E-state index contributed by atoms with van der Waals surface area (Å²) in [6.45, 7) is 5.34. The quantitative estimate of drug-likeness (QED) is 0.512. The van der Waals surface area contributed by atoms with Gasteiger partial charge in [0, 0.05) is 13.0 Å². The van der Waals surface area contributed by atoms with E-state index in [-0.39, 0.29) is 18.4 Å². The fourth-order valence-corrected chi connectivity index (χ4v) is 1.08. The van der Waals surface area contributed by atoms with Crippen LogP contribution in [0.1, 0.15) is 33.1 Å². The molecule has 0 spiro atoms. The Morgan fingerprint density at radius 2 is 1.81 bits per heavy atom. The minimum Gasteiger partial charge on any atom is -0.354 e. The Hall–Kier alpha value is -1.10. The SMILES string of the molecule is CC(C)CNC(=O)CNC(=O)CCCCN. The van der Waals surface area contributed by atoms with Crippen molar-refractivity contribution in [1.29, 1.82) is 0 Å². The Morgan fingerprint density at radius 1 is 1.12 bits per heavy atom. The smallest absolute Gasteiger partial charge is 0.239 e. The Morgan fingerprint density at radius 3 is 2.38 bits per heavy atom. The monoisotopic (exact) mass is 229 g/mol. The highest BCUT2D eigenvalue weighted by Crippen LogP contribution is 1.92. The van der Waals surface area contributed by atoms with Crippen LogP contribution in [0.2, 0.25) is 0 Å². The number of hydrogen-bond acceptors (Lipinski definition) is 3. The van der Waals surface area contributed by atoms with Crippen LogP contribution in [0.15, 0.2) is 0 Å². The van der Waals surface area contributed by atoms with Crippen molar-refractivity contribution in [1.82, 2.24) is 10.6 Å². The second-order valence-electron chi connectivity index (χ2n) is 4.22. The minimum atomic E-state index is -0.138. The van der Waals surface area contributed by atoms with Gasteiger partial charge in [-0.25, -0.2) is 0 Å². The minimum absolute atomic E-state index is 0.0637. The van der Waals surface area contributed by atoms with Crippen LogP contribution in [0.25, 0.3) is 0 Å². The molecule has 0 aliphatic rings. The molecular weight excluding hydrogens is 206 g/mol. The molecule has 0 saturated carbocycles. The van der Waals surface area contributed by atoms with Crippen LogP contribution in [0, 0.1) is 5.92 Å². The summed E-state index contributed by atoms with van der Waals surface area (Å²) in [7, 11) is 0. The predicted octanol–water partition coefficient (Wildman–Crippen LogP) is 0.00380. The molecule has 0 rings (SSSR count). The van der Waals surface area contributed by atoms with Gasteiger partial charge in [-0.3, -0.25) is 9.59 Å². The van der Waals surface area contributed by atoms with Crippen LogP contribution in [-0.4, -0.2) is 31.4 Å². The normalized spacial score (nSPS) is 10.2. The fraction of sp³-hybridized carbons (Fsp3) is 0.818. The predicted molar refractivity (Wildman–Crippen MR) is 63.8 cm³/mol. The zero-order chi connectivity index (χ0) is 12.4. The van der Waals surface area contributed by atoms with Gasteiger partial charge >= 0.3 is 0 Å². The van der Waals surface area contributed by atoms with E-state index in [1.807, 2.05) is 13.8 Å². The number of amides is 2. The van der Waals surface area contributed by atoms with E-state index < -0.39 is 0 Å². The lowest BCUT2D eigenvalue weighted by atomic mass is 10.2. The summed E-state index contributed by atoms with van der Waals surface area (Å²) in [5.41, 5.74) is 5.31. The summed E-state index contributed by atoms with van der Waals surface area (Å²) in [4.78, 5) is 22.5. The van der Waals surface area contributed by atoms with Crippen LogP contribution in [0.5, 0.6) is 0 Å². The third-order valence-electron chi connectivity index (χ3n) is 2.01. The maximum Gasteiger partial charge on any atom is 0.239 e. The van der Waals surface area contributed by atoms with Crippen molar-refractivity contribution >= 4 is 11.8 Å². The van der Waals surface area contributed by atoms with Crippen LogP contribution in [-0.2, 0) is 9.59 Å². The third-order valence-corrected chi connectivity index (χ3v) is 2.01. The average Bonchev–Trinajstić information content (AvgIpc) is 2.24. The molecule has 0 heterocycles. The van der Waals surface area contributed by atoms with Gasteiger partial charge in [-0.1, -0.05) is 13.8 Å². The molecule has 0 fully saturated rings. The lowest BCUT2D eigenvalue weighted by Crippen LogP contribution is -2.38. The Labute approximate surface area is 97.2 Å². The first kappa shape index (κ1) is 14.9. The number of carbonyl (C=O) groups excluding carboxylic acids is 2. The first-order chi connectivity index (χ1) is 7.56. The van der Waals surface area contributed by atoms with Gasteiger partial charge in [0.05, 0.1) is 6.54 Å². The van der Waals surface area contributed by atoms with Gasteiger partial charge in [0.1, 0.15) is 0 Å². The van der Waals surface area contributed by atoms with E-state index in [1.54, 1.807) is 0 Å². The summed E-state index contributed by atoms with van der Waals surface area (Å²) in [6.07, 6.45) is 2.05. The van der Waals surface area contributed by atoms with Gasteiger partial charge in [-0.05, 0) is 25.3 Å². The van der Waals surface area contributed by atoms with Crippen molar-refractivity contribution in [3.05, 3.63) is 0 Å². The highest BCUT2D eigenvalue weighted by molar-refractivity contribution is 5.84. The molecule has 5 heteroatoms. The molecule has 4 N–H and O–H groups in total. The standard InChI is InChI=1S/C11H23N3O2/c1-9(2)7-13-11(16)8-14-10(15)5-3-4-6-12/h9H,3-8,12H2,1-2H3,(H,13,16)(H,14,15). The zero-order valence-corrected chi connectivity index (χ0v) is 10.2. The van der Waals surface area contributed by atoms with Gasteiger partial charge in [-0.2, -0.15) is 0 Å². The van der Waals surface area contributed by atoms with Crippen LogP contribution >= 0.6 is 0 Å². The van der Waals surface area contributed by atoms with Crippen molar-refractivity contribution in [2.75, 3.05) is 19.6 Å². The van der Waals surface area contributed by atoms with E-state index >= 15 is 0 Å². The van der Waals surface area contributed by atoms with Crippen LogP contribution in [0.3, 0.4) is 0 Å². The molecule has 0 bridgehead atoms. The highest BCUT2D eigenvalue weighted by Gasteiger charge is 2.05. The van der Waals surface area contributed by atoms with Gasteiger partial charge < -0.3 is 16.4 Å². The summed E-state index contributed by atoms with van der Waals surface area (Å²) >= 11 is 0. The van der Waals surface area contributed by atoms with E-state index in [0.29, 0.717) is 25.4 Å². The molecule has 0 aromatic carbocycles. The average molecular weight is 229 g/mol. The van der Waals surface area contributed by atoms with Crippen molar-refractivity contribution in [2.45, 2.75) is 33.1 Å². The molecule has 16 heavy (non-hydrogen) atoms. The zero-order valence-electron chi connectivity index (χ0n) is 10.2. The van der Waals surface area contributed by atoms with E-state index in [4.69, 9.17) is 5.73 Å². The molecule has 94 valence electrons. The largest absolute Gasteiger partial charge is 0.354 e. The Bertz CT molecular complexity index is 217. The molecule has 0 aromatic rings. The number of hydrogen-bond donors (Lipinski definition) is 3. The number of nitrogens with two attached hydrogens (primary N) is 1. The molecule has 0 atom stereocenters. The molecule has 0 aliphatic heterocycles. The Balaban J connectivity index is 3.47. The summed E-state index contributed by atoms with van der Waals surface area (Å²) in [5.74, 6) is 0.193. The summed E-state index contributed by atoms with van der Waals surface area (Å²) < 4.78 is 0. The lowest BCUT2D eigenvalue weighted by molar-refractivity contribution is -0.126. The summed E-state index contributed by atoms with van der Waals surface area (Å²) in [6, 6.07) is 0. The van der Waals surface area contributed by atoms with Gasteiger partial charge in [0.15, 0.2) is 0 Å². The van der Waals surface area contributed by atoms with E-state index in [0.717, 1.165) is 12.8 Å². The topological polar surface area (TPSA) is 84.2 Å². The molecule has 0 aliphatic carbocycles.